The summed E-state index contributed by atoms with van der Waals surface area (Å²) < 4.78 is 55.5. The molecule has 1 saturated heterocycles. The molecule has 0 aromatic heterocycles. The van der Waals surface area contributed by atoms with Crippen molar-refractivity contribution < 1.29 is 22.0 Å². The first-order chi connectivity index (χ1) is 14.3. The van der Waals surface area contributed by atoms with E-state index in [1.165, 1.54) is 12.1 Å². The third-order valence-corrected chi connectivity index (χ3v) is 6.89. The topological polar surface area (TPSA) is 78.8 Å². The summed E-state index contributed by atoms with van der Waals surface area (Å²) in [4.78, 5) is 14.7. The minimum Gasteiger partial charge on any atom is -0.355 e. The first-order valence-corrected chi connectivity index (χ1v) is 11.1. The summed E-state index contributed by atoms with van der Waals surface area (Å²) in [5, 5.41) is 2.79. The Kier molecular flexibility index (Phi) is 5.31. The van der Waals surface area contributed by atoms with E-state index in [1.807, 2.05) is 4.90 Å². The molecule has 0 spiro atoms. The molecule has 2 aromatic carbocycles. The number of carbonyl (C=O) groups is 1. The van der Waals surface area contributed by atoms with E-state index in [0.717, 1.165) is 12.1 Å². The van der Waals surface area contributed by atoms with Gasteiger partial charge in [-0.1, -0.05) is 18.2 Å². The van der Waals surface area contributed by atoms with Crippen LogP contribution in [-0.4, -0.2) is 38.2 Å². The van der Waals surface area contributed by atoms with Crippen molar-refractivity contribution in [2.24, 2.45) is 10.3 Å². The summed E-state index contributed by atoms with van der Waals surface area (Å²) in [5.74, 6) is -1.42. The number of halogens is 2. The number of hydrogen-bond acceptors (Lipinski definition) is 4. The van der Waals surface area contributed by atoms with Crippen molar-refractivity contribution in [2.45, 2.75) is 30.7 Å². The summed E-state index contributed by atoms with van der Waals surface area (Å²) in [5.41, 5.74) is 0.810. The molecule has 1 fully saturated rings. The predicted molar refractivity (Wildman–Crippen MR) is 107 cm³/mol. The zero-order valence-electron chi connectivity index (χ0n) is 16.3. The lowest BCUT2D eigenvalue weighted by Gasteiger charge is -2.33. The van der Waals surface area contributed by atoms with Crippen LogP contribution in [0.2, 0.25) is 0 Å². The second-order valence-electron chi connectivity index (χ2n) is 7.54. The zero-order chi connectivity index (χ0) is 21.5. The van der Waals surface area contributed by atoms with Gasteiger partial charge in [-0.25, -0.2) is 8.78 Å². The molecule has 0 bridgehead atoms. The van der Waals surface area contributed by atoms with Crippen molar-refractivity contribution in [3.8, 4) is 0 Å². The highest BCUT2D eigenvalue weighted by molar-refractivity contribution is 7.90. The summed E-state index contributed by atoms with van der Waals surface area (Å²) >= 11 is 0. The molecule has 1 N–H and O–H groups in total. The van der Waals surface area contributed by atoms with E-state index in [-0.39, 0.29) is 22.3 Å². The maximum absolute atomic E-state index is 13.9. The van der Waals surface area contributed by atoms with E-state index in [1.54, 1.807) is 25.1 Å². The monoisotopic (exact) mass is 433 g/mol. The molecule has 2 heterocycles. The maximum Gasteiger partial charge on any atom is 0.285 e. The lowest BCUT2D eigenvalue weighted by Crippen LogP contribution is -2.43. The number of fused-ring (bicyclic) bond motifs is 1. The van der Waals surface area contributed by atoms with Crippen molar-refractivity contribution in [3.63, 3.8) is 0 Å². The first-order valence-electron chi connectivity index (χ1n) is 9.71. The molecular weight excluding hydrogens is 412 g/mol. The number of sulfonamides is 1. The summed E-state index contributed by atoms with van der Waals surface area (Å²) in [6, 6.07) is 9.40. The molecule has 158 valence electrons. The van der Waals surface area contributed by atoms with Gasteiger partial charge >= 0.3 is 0 Å². The van der Waals surface area contributed by atoms with Crippen molar-refractivity contribution in [1.29, 1.82) is 0 Å². The number of rotatable bonds is 3. The SMILES string of the molecule is C[C@H](NC(=O)C1CCN(C2=NS(=O)(=O)c3ccccc32)CC1)c1ccc(F)cc1F. The molecule has 0 aliphatic carbocycles. The molecule has 0 saturated carbocycles. The molecule has 1 atom stereocenters. The Bertz CT molecular complexity index is 1130. The fraction of sp³-hybridized carbons (Fsp3) is 0.333. The lowest BCUT2D eigenvalue weighted by molar-refractivity contribution is -0.126. The number of piperidine rings is 1. The van der Waals surface area contributed by atoms with Crippen LogP contribution >= 0.6 is 0 Å². The third-order valence-electron chi connectivity index (χ3n) is 5.57. The molecule has 4 rings (SSSR count). The number of likely N-dealkylation sites (tertiary alicyclic amines) is 1. The lowest BCUT2D eigenvalue weighted by atomic mass is 9.94. The molecule has 6 nitrogen and oxygen atoms in total. The van der Waals surface area contributed by atoms with Gasteiger partial charge in [0.15, 0.2) is 5.84 Å². The number of nitrogens with zero attached hydrogens (tertiary/aromatic N) is 2. The van der Waals surface area contributed by atoms with Crippen LogP contribution in [0.4, 0.5) is 8.78 Å². The van der Waals surface area contributed by atoms with E-state index in [0.29, 0.717) is 37.3 Å². The average Bonchev–Trinajstić information content (AvgIpc) is 2.99. The van der Waals surface area contributed by atoms with Crippen LogP contribution < -0.4 is 5.32 Å². The minimum atomic E-state index is -3.68. The van der Waals surface area contributed by atoms with E-state index in [2.05, 4.69) is 9.71 Å². The van der Waals surface area contributed by atoms with Crippen molar-refractivity contribution in [3.05, 3.63) is 65.2 Å². The number of benzene rings is 2. The Balaban J connectivity index is 1.40. The van der Waals surface area contributed by atoms with Crippen molar-refractivity contribution >= 4 is 21.8 Å². The molecule has 1 amide bonds. The van der Waals surface area contributed by atoms with Gasteiger partial charge in [0, 0.05) is 36.2 Å². The van der Waals surface area contributed by atoms with Crippen LogP contribution in [0.25, 0.3) is 0 Å². The Morgan fingerprint density at radius 1 is 1.17 bits per heavy atom. The van der Waals surface area contributed by atoms with E-state index >= 15 is 0 Å². The molecule has 0 unspecified atom stereocenters. The van der Waals surface area contributed by atoms with Crippen molar-refractivity contribution in [2.75, 3.05) is 13.1 Å². The van der Waals surface area contributed by atoms with Gasteiger partial charge in [0.2, 0.25) is 5.91 Å². The highest BCUT2D eigenvalue weighted by Gasteiger charge is 2.34. The number of carbonyl (C=O) groups excluding carboxylic acids is 1. The van der Waals surface area contributed by atoms with E-state index in [9.17, 15) is 22.0 Å². The van der Waals surface area contributed by atoms with Gasteiger partial charge in [-0.3, -0.25) is 4.79 Å². The van der Waals surface area contributed by atoms with Crippen LogP contribution in [0.15, 0.2) is 51.8 Å². The van der Waals surface area contributed by atoms with Crippen LogP contribution in [0.5, 0.6) is 0 Å². The van der Waals surface area contributed by atoms with Gasteiger partial charge in [-0.05, 0) is 38.0 Å². The van der Waals surface area contributed by atoms with Gasteiger partial charge in [0.1, 0.15) is 16.5 Å². The largest absolute Gasteiger partial charge is 0.355 e. The normalized spacial score (nSPS) is 19.2. The van der Waals surface area contributed by atoms with Crippen LogP contribution in [0.3, 0.4) is 0 Å². The van der Waals surface area contributed by atoms with Gasteiger partial charge in [-0.15, -0.1) is 4.40 Å². The quantitative estimate of drug-likeness (QED) is 0.807. The Morgan fingerprint density at radius 2 is 1.87 bits per heavy atom. The van der Waals surface area contributed by atoms with Crippen LogP contribution in [0.1, 0.15) is 36.9 Å². The summed E-state index contributed by atoms with van der Waals surface area (Å²) in [7, 11) is -3.68. The third kappa shape index (κ3) is 3.81. The van der Waals surface area contributed by atoms with Crippen LogP contribution in [-0.2, 0) is 14.8 Å². The smallest absolute Gasteiger partial charge is 0.285 e. The van der Waals surface area contributed by atoms with Crippen molar-refractivity contribution in [1.82, 2.24) is 10.2 Å². The fourth-order valence-corrected chi connectivity index (χ4v) is 5.16. The van der Waals surface area contributed by atoms with Gasteiger partial charge in [-0.2, -0.15) is 8.42 Å². The molecular formula is C21H21F2N3O3S. The second kappa shape index (κ2) is 7.79. The maximum atomic E-state index is 13.9. The number of nitrogens with one attached hydrogen (secondary N) is 1. The van der Waals surface area contributed by atoms with Gasteiger partial charge in [0.05, 0.1) is 6.04 Å². The number of amides is 1. The molecule has 0 radical (unpaired) electrons. The average molecular weight is 433 g/mol. The summed E-state index contributed by atoms with van der Waals surface area (Å²) in [6.07, 6.45) is 1.04. The molecule has 2 aromatic rings. The standard InChI is InChI=1S/C21H21F2N3O3S/c1-13(16-7-6-15(22)12-18(16)23)24-21(27)14-8-10-26(11-9-14)20-17-4-2-3-5-19(17)30(28,29)25-20/h2-7,12-14H,8-11H2,1H3,(H,24,27)/t13-/m0/s1. The molecule has 30 heavy (non-hydrogen) atoms. The molecule has 2 aliphatic heterocycles. The minimum absolute atomic E-state index is 0.202. The predicted octanol–water partition coefficient (Wildman–Crippen LogP) is 3.00. The highest BCUT2D eigenvalue weighted by Crippen LogP contribution is 2.30. The number of hydrogen-bond donors (Lipinski definition) is 1. The van der Waals surface area contributed by atoms with Gasteiger partial charge in [0.25, 0.3) is 10.0 Å². The Hall–Kier alpha value is -2.81. The summed E-state index contributed by atoms with van der Waals surface area (Å²) in [6.45, 7) is 2.62. The zero-order valence-corrected chi connectivity index (χ0v) is 17.1. The fourth-order valence-electron chi connectivity index (χ4n) is 3.93. The highest BCUT2D eigenvalue weighted by atomic mass is 32.2. The molecule has 9 heteroatoms. The first kappa shape index (κ1) is 20.5. The van der Waals surface area contributed by atoms with E-state index in [4.69, 9.17) is 0 Å². The van der Waals surface area contributed by atoms with Crippen LogP contribution in [0, 0.1) is 17.6 Å². The Morgan fingerprint density at radius 3 is 2.57 bits per heavy atom. The Labute approximate surface area is 173 Å². The number of amidine groups is 1. The molecule has 2 aliphatic rings. The second-order valence-corrected chi connectivity index (χ2v) is 9.12. The van der Waals surface area contributed by atoms with Gasteiger partial charge < -0.3 is 10.2 Å². The van der Waals surface area contributed by atoms with E-state index < -0.39 is 27.7 Å².